The molecule has 10 heteroatoms. The van der Waals surface area contributed by atoms with Crippen molar-refractivity contribution in [3.05, 3.63) is 24.5 Å². The monoisotopic (exact) mass is 312 g/mol. The van der Waals surface area contributed by atoms with Gasteiger partial charge in [-0.3, -0.25) is 0 Å². The van der Waals surface area contributed by atoms with Crippen molar-refractivity contribution in [1.29, 1.82) is 0 Å². The molecule has 20 heavy (non-hydrogen) atoms. The first-order valence-corrected chi connectivity index (χ1v) is 7.15. The van der Waals surface area contributed by atoms with E-state index in [1.807, 2.05) is 19.0 Å². The molecule has 1 heterocycles. The molecule has 106 valence electrons. The van der Waals surface area contributed by atoms with Gasteiger partial charge in [0.15, 0.2) is 0 Å². The van der Waals surface area contributed by atoms with E-state index in [1.165, 1.54) is 0 Å². The summed E-state index contributed by atoms with van der Waals surface area (Å²) in [5.74, 6) is 0. The van der Waals surface area contributed by atoms with E-state index in [2.05, 4.69) is 23.9 Å². The Morgan fingerprint density at radius 1 is 1.40 bits per heavy atom. The maximum atomic E-state index is 10.9. The Morgan fingerprint density at radius 3 is 2.80 bits per heavy atom. The number of hydrogen-bond donors (Lipinski definition) is 1. The molecule has 0 saturated heterocycles. The number of nitrogens with zero attached hydrogens (tertiary/aromatic N) is 6. The van der Waals surface area contributed by atoms with E-state index in [9.17, 15) is 4.21 Å². The smallest absolute Gasteiger partial charge is 0.249 e. The molecule has 0 saturated carbocycles. The number of aromatic nitrogens is 2. The number of rotatable bonds is 4. The van der Waals surface area contributed by atoms with Gasteiger partial charge in [-0.2, -0.15) is 4.37 Å². The van der Waals surface area contributed by atoms with Crippen LogP contribution in [0.25, 0.3) is 0 Å². The molecule has 0 aliphatic rings. The van der Waals surface area contributed by atoms with Crippen molar-refractivity contribution in [2.45, 2.75) is 0 Å². The number of hydrogen-bond acceptors (Lipinski definition) is 9. The van der Waals surface area contributed by atoms with Crippen LogP contribution in [0.15, 0.2) is 39.1 Å². The second-order valence-electron chi connectivity index (χ2n) is 3.77. The van der Waals surface area contributed by atoms with Crippen molar-refractivity contribution in [3.63, 3.8) is 0 Å². The molecule has 0 aliphatic carbocycles. The van der Waals surface area contributed by atoms with E-state index in [-0.39, 0.29) is 17.1 Å². The van der Waals surface area contributed by atoms with E-state index in [0.717, 1.165) is 17.2 Å². The highest BCUT2D eigenvalue weighted by Crippen LogP contribution is 2.33. The third-order valence-electron chi connectivity index (χ3n) is 2.21. The second kappa shape index (κ2) is 6.50. The summed E-state index contributed by atoms with van der Waals surface area (Å²) in [5, 5.41) is 8.00. The van der Waals surface area contributed by atoms with E-state index >= 15 is 0 Å². The summed E-state index contributed by atoms with van der Waals surface area (Å²) < 4.78 is 34.3. The summed E-state index contributed by atoms with van der Waals surface area (Å²) in [4.78, 5) is 5.56. The topological polar surface area (TPSA) is 103 Å². The molecule has 0 radical (unpaired) electrons. The van der Waals surface area contributed by atoms with Crippen LogP contribution >= 0.6 is 11.5 Å². The van der Waals surface area contributed by atoms with E-state index in [4.69, 9.17) is 5.92 Å². The molecule has 0 fully saturated rings. The van der Waals surface area contributed by atoms with Crippen LogP contribution in [0.3, 0.4) is 0 Å². The summed E-state index contributed by atoms with van der Waals surface area (Å²) in [6.07, 6.45) is -0.127. The largest absolute Gasteiger partial charge is 0.454 e. The SMILES string of the molecule is [2H]c1nsc(N=Nc2ccc(N(C)C)cc2N=[S-](=O)O)n1. The molecule has 0 spiro atoms. The predicted molar refractivity (Wildman–Crippen MR) is 77.6 cm³/mol. The Labute approximate surface area is 122 Å². The molecule has 1 aromatic carbocycles. The standard InChI is InChI=1S/C10H11N6O2S2/c1-16(2)7-3-4-8(9(5-7)15-20(17)18)13-14-10-11-6-12-19-10/h3-6H,1-2H3,(H,15,17,18)/q-1/i6D. The van der Waals surface area contributed by atoms with Crippen molar-refractivity contribution in [2.24, 2.45) is 14.6 Å². The van der Waals surface area contributed by atoms with Gasteiger partial charge in [0.05, 0.1) is 5.69 Å². The Kier molecular flexibility index (Phi) is 4.25. The third-order valence-corrected chi connectivity index (χ3v) is 3.07. The minimum absolute atomic E-state index is 0.127. The Hall–Kier alpha value is -1.91. The third kappa shape index (κ3) is 3.79. The quantitative estimate of drug-likeness (QED) is 0.530. The maximum absolute atomic E-state index is 10.9. The molecule has 0 amide bonds. The lowest BCUT2D eigenvalue weighted by molar-refractivity contribution is 0.529. The van der Waals surface area contributed by atoms with E-state index in [0.29, 0.717) is 5.69 Å². The molecule has 0 unspecified atom stereocenters. The highest BCUT2D eigenvalue weighted by Gasteiger charge is 2.03. The highest BCUT2D eigenvalue weighted by atomic mass is 32.2. The van der Waals surface area contributed by atoms with Crippen LogP contribution in [0.4, 0.5) is 22.2 Å². The van der Waals surface area contributed by atoms with Gasteiger partial charge in [0, 0.05) is 31.3 Å². The number of anilines is 1. The van der Waals surface area contributed by atoms with Crippen LogP contribution in [0.5, 0.6) is 0 Å². The molecule has 1 N–H and O–H groups in total. The minimum Gasteiger partial charge on any atom is -0.454 e. The zero-order valence-electron chi connectivity index (χ0n) is 11.6. The van der Waals surface area contributed by atoms with Gasteiger partial charge in [-0.05, 0) is 18.2 Å². The first-order chi connectivity index (χ1) is 9.95. The molecule has 2 rings (SSSR count). The zero-order valence-corrected chi connectivity index (χ0v) is 12.2. The van der Waals surface area contributed by atoms with Gasteiger partial charge in [0.25, 0.3) is 0 Å². The van der Waals surface area contributed by atoms with Crippen LogP contribution in [0.1, 0.15) is 1.37 Å². The summed E-state index contributed by atoms with van der Waals surface area (Å²) in [6.45, 7) is 0. The molecular formula is C10H11N6O2S2-. The van der Waals surface area contributed by atoms with Crippen molar-refractivity contribution < 1.29 is 10.1 Å². The first kappa shape index (κ1) is 13.1. The maximum Gasteiger partial charge on any atom is 0.249 e. The minimum atomic E-state index is -2.34. The van der Waals surface area contributed by atoms with Crippen molar-refractivity contribution in [2.75, 3.05) is 19.0 Å². The second-order valence-corrected chi connectivity index (χ2v) is 5.14. The Bertz CT molecular complexity index is 754. The summed E-state index contributed by atoms with van der Waals surface area (Å²) >= 11 is 0.939. The Morgan fingerprint density at radius 2 is 2.20 bits per heavy atom. The van der Waals surface area contributed by atoms with E-state index in [1.54, 1.807) is 18.2 Å². The van der Waals surface area contributed by atoms with Gasteiger partial charge in [-0.15, -0.1) is 10.2 Å². The number of azo groups is 1. The summed E-state index contributed by atoms with van der Waals surface area (Å²) in [7, 11) is 1.34. The van der Waals surface area contributed by atoms with Crippen LogP contribution in [-0.2, 0) is 15.1 Å². The van der Waals surface area contributed by atoms with Gasteiger partial charge in [-0.25, -0.2) is 4.98 Å². The molecule has 1 aromatic heterocycles. The van der Waals surface area contributed by atoms with E-state index < -0.39 is 10.9 Å². The fraction of sp³-hybridized carbons (Fsp3) is 0.200. The first-order valence-electron chi connectivity index (χ1n) is 5.82. The fourth-order valence-electron chi connectivity index (χ4n) is 1.31. The fourth-order valence-corrected chi connectivity index (χ4v) is 1.95. The van der Waals surface area contributed by atoms with Gasteiger partial charge in [0.2, 0.25) is 5.13 Å². The molecule has 8 nitrogen and oxygen atoms in total. The van der Waals surface area contributed by atoms with Crippen molar-refractivity contribution in [3.8, 4) is 0 Å². The lowest BCUT2D eigenvalue weighted by atomic mass is 10.2. The van der Waals surface area contributed by atoms with Gasteiger partial charge < -0.3 is 18.0 Å². The number of benzene rings is 1. The summed E-state index contributed by atoms with van der Waals surface area (Å²) in [6, 6.07) is 5.04. The molecule has 0 atom stereocenters. The normalized spacial score (nSPS) is 13.7. The van der Waals surface area contributed by atoms with Crippen LogP contribution < -0.4 is 4.90 Å². The van der Waals surface area contributed by atoms with Crippen LogP contribution in [-0.4, -0.2) is 28.0 Å². The van der Waals surface area contributed by atoms with Crippen LogP contribution in [0, 0.1) is 0 Å². The Balaban J connectivity index is 2.40. The summed E-state index contributed by atoms with van der Waals surface area (Å²) in [5.41, 5.74) is 1.37. The van der Waals surface area contributed by atoms with Gasteiger partial charge in [0.1, 0.15) is 13.4 Å². The molecular weight excluding hydrogens is 300 g/mol. The zero-order chi connectivity index (χ0) is 15.4. The van der Waals surface area contributed by atoms with Crippen molar-refractivity contribution in [1.82, 2.24) is 9.36 Å². The van der Waals surface area contributed by atoms with Crippen molar-refractivity contribution >= 4 is 44.6 Å². The lowest BCUT2D eigenvalue weighted by Gasteiger charge is -2.14. The van der Waals surface area contributed by atoms with Gasteiger partial charge in [-0.1, -0.05) is 10.9 Å². The highest BCUT2D eigenvalue weighted by molar-refractivity contribution is 7.68. The van der Waals surface area contributed by atoms with Gasteiger partial charge >= 0.3 is 0 Å². The average molecular weight is 312 g/mol. The molecule has 2 aromatic rings. The molecule has 0 bridgehead atoms. The average Bonchev–Trinajstić information content (AvgIpc) is 2.82. The van der Waals surface area contributed by atoms with Crippen LogP contribution in [0.2, 0.25) is 0 Å². The predicted octanol–water partition coefficient (Wildman–Crippen LogP) is 3.27. The molecule has 0 aliphatic heterocycles. The lowest BCUT2D eigenvalue weighted by Crippen LogP contribution is -2.07.